The molecule has 1 aliphatic carbocycles. The van der Waals surface area contributed by atoms with Crippen molar-refractivity contribution in [2.75, 3.05) is 6.54 Å². The average Bonchev–Trinajstić information content (AvgIpc) is 2.74. The Balaban J connectivity index is 1.86. The monoisotopic (exact) mass is 273 g/mol. The Hall–Kier alpha value is -0.680. The third-order valence-electron chi connectivity index (χ3n) is 3.20. The fourth-order valence-corrected chi connectivity index (χ4v) is 3.08. The quantitative estimate of drug-likeness (QED) is 0.861. The van der Waals surface area contributed by atoms with E-state index in [1.807, 2.05) is 0 Å². The lowest BCUT2D eigenvalue weighted by Gasteiger charge is -2.26. The molecule has 1 aromatic heterocycles. The highest BCUT2D eigenvalue weighted by molar-refractivity contribution is 7.07. The molecular formula is C11H16ClN3OS. The highest BCUT2D eigenvalue weighted by Crippen LogP contribution is 2.28. The first kappa shape index (κ1) is 12.8. The van der Waals surface area contributed by atoms with Crippen LogP contribution in [0, 0.1) is 12.8 Å². The summed E-state index contributed by atoms with van der Waals surface area (Å²) in [5, 5.41) is 6.96. The van der Waals surface area contributed by atoms with E-state index in [9.17, 15) is 4.79 Å². The lowest BCUT2D eigenvalue weighted by atomic mass is 9.89. The molecule has 94 valence electrons. The van der Waals surface area contributed by atoms with Crippen LogP contribution < -0.4 is 5.32 Å². The van der Waals surface area contributed by atoms with Crippen molar-refractivity contribution in [1.82, 2.24) is 14.9 Å². The number of amides is 1. The van der Waals surface area contributed by atoms with E-state index in [2.05, 4.69) is 14.9 Å². The Morgan fingerprint density at radius 1 is 1.53 bits per heavy atom. The molecule has 6 heteroatoms. The van der Waals surface area contributed by atoms with E-state index in [0.717, 1.165) is 24.4 Å². The van der Waals surface area contributed by atoms with Gasteiger partial charge < -0.3 is 5.32 Å². The third kappa shape index (κ3) is 3.16. The Morgan fingerprint density at radius 3 is 2.94 bits per heavy atom. The van der Waals surface area contributed by atoms with Crippen LogP contribution in [0.5, 0.6) is 0 Å². The summed E-state index contributed by atoms with van der Waals surface area (Å²) in [4.78, 5) is 12.5. The molecule has 17 heavy (non-hydrogen) atoms. The van der Waals surface area contributed by atoms with Gasteiger partial charge in [0.05, 0.1) is 5.69 Å². The number of halogens is 1. The van der Waals surface area contributed by atoms with E-state index in [1.165, 1.54) is 12.8 Å². The number of carbonyl (C=O) groups excluding carboxylic acids is 1. The third-order valence-corrected chi connectivity index (χ3v) is 4.60. The number of carbonyl (C=O) groups is 1. The summed E-state index contributed by atoms with van der Waals surface area (Å²) in [6, 6.07) is 0. The summed E-state index contributed by atoms with van der Waals surface area (Å²) >= 11 is 7.39. The van der Waals surface area contributed by atoms with Crippen LogP contribution >= 0.6 is 23.1 Å². The van der Waals surface area contributed by atoms with Crippen LogP contribution in [0.25, 0.3) is 0 Å². The summed E-state index contributed by atoms with van der Waals surface area (Å²) in [6.45, 7) is 2.45. The van der Waals surface area contributed by atoms with Crippen molar-refractivity contribution in [1.29, 1.82) is 0 Å². The molecule has 4 nitrogen and oxygen atoms in total. The maximum Gasteiger partial charge on any atom is 0.264 e. The van der Waals surface area contributed by atoms with Crippen LogP contribution in [0.1, 0.15) is 41.0 Å². The molecule has 2 atom stereocenters. The van der Waals surface area contributed by atoms with Crippen molar-refractivity contribution in [2.24, 2.45) is 5.92 Å². The number of aryl methyl sites for hydroxylation is 1. The lowest BCUT2D eigenvalue weighted by molar-refractivity contribution is 0.0947. The van der Waals surface area contributed by atoms with Gasteiger partial charge in [0.25, 0.3) is 5.91 Å². The number of alkyl halides is 1. The van der Waals surface area contributed by atoms with Gasteiger partial charge in [-0.25, -0.2) is 0 Å². The molecule has 2 rings (SSSR count). The van der Waals surface area contributed by atoms with Crippen LogP contribution in [0.4, 0.5) is 0 Å². The molecule has 0 aliphatic heterocycles. The number of nitrogens with zero attached hydrogens (tertiary/aromatic N) is 2. The predicted molar refractivity (Wildman–Crippen MR) is 68.6 cm³/mol. The van der Waals surface area contributed by atoms with E-state index < -0.39 is 0 Å². The van der Waals surface area contributed by atoms with Crippen molar-refractivity contribution in [3.05, 3.63) is 10.6 Å². The maximum absolute atomic E-state index is 11.9. The summed E-state index contributed by atoms with van der Waals surface area (Å²) < 4.78 is 3.76. The highest BCUT2D eigenvalue weighted by atomic mass is 35.5. The second-order valence-electron chi connectivity index (χ2n) is 4.46. The fourth-order valence-electron chi connectivity index (χ4n) is 2.14. The van der Waals surface area contributed by atoms with E-state index in [0.29, 0.717) is 23.0 Å². The molecule has 1 N–H and O–H groups in total. The summed E-state index contributed by atoms with van der Waals surface area (Å²) in [7, 11) is 0. The molecule has 0 radical (unpaired) electrons. The second-order valence-corrected chi connectivity index (χ2v) is 5.77. The highest BCUT2D eigenvalue weighted by Gasteiger charge is 2.24. The summed E-state index contributed by atoms with van der Waals surface area (Å²) in [6.07, 6.45) is 4.58. The molecule has 1 saturated carbocycles. The topological polar surface area (TPSA) is 54.9 Å². The lowest BCUT2D eigenvalue weighted by Crippen LogP contribution is -2.34. The van der Waals surface area contributed by atoms with Crippen molar-refractivity contribution in [2.45, 2.75) is 38.0 Å². The van der Waals surface area contributed by atoms with Gasteiger partial charge in [-0.1, -0.05) is 17.3 Å². The van der Waals surface area contributed by atoms with Crippen LogP contribution in [0.3, 0.4) is 0 Å². The number of hydrogen-bond acceptors (Lipinski definition) is 4. The maximum atomic E-state index is 11.9. The first-order valence-corrected chi connectivity index (χ1v) is 7.10. The largest absolute Gasteiger partial charge is 0.351 e. The van der Waals surface area contributed by atoms with Crippen molar-refractivity contribution in [3.63, 3.8) is 0 Å². The first-order valence-electron chi connectivity index (χ1n) is 5.89. The van der Waals surface area contributed by atoms with Crippen molar-refractivity contribution < 1.29 is 4.79 Å². The van der Waals surface area contributed by atoms with Gasteiger partial charge in [-0.15, -0.1) is 16.7 Å². The van der Waals surface area contributed by atoms with Crippen LogP contribution in [0.15, 0.2) is 0 Å². The van der Waals surface area contributed by atoms with Gasteiger partial charge in [-0.2, -0.15) is 0 Å². The molecule has 1 amide bonds. The Morgan fingerprint density at radius 2 is 2.29 bits per heavy atom. The molecule has 1 heterocycles. The predicted octanol–water partition coefficient (Wildman–Crippen LogP) is 2.37. The Labute approximate surface area is 110 Å². The van der Waals surface area contributed by atoms with Gasteiger partial charge in [0.15, 0.2) is 0 Å². The molecule has 1 aliphatic rings. The van der Waals surface area contributed by atoms with E-state index in [4.69, 9.17) is 11.6 Å². The number of hydrogen-bond donors (Lipinski definition) is 1. The van der Waals surface area contributed by atoms with Gasteiger partial charge in [0.1, 0.15) is 4.88 Å². The number of aromatic nitrogens is 2. The Kier molecular flexibility index (Phi) is 4.34. The van der Waals surface area contributed by atoms with Crippen LogP contribution in [-0.4, -0.2) is 27.4 Å². The molecule has 0 saturated heterocycles. The zero-order valence-corrected chi connectivity index (χ0v) is 11.4. The van der Waals surface area contributed by atoms with E-state index >= 15 is 0 Å². The van der Waals surface area contributed by atoms with Gasteiger partial charge in [0.2, 0.25) is 0 Å². The SMILES string of the molecule is Cc1nnsc1C(=O)NCC1CCCCC1Cl. The zero-order valence-electron chi connectivity index (χ0n) is 9.78. The normalized spacial score (nSPS) is 24.6. The number of nitrogens with one attached hydrogen (secondary N) is 1. The van der Waals surface area contributed by atoms with Gasteiger partial charge in [-0.3, -0.25) is 4.79 Å². The van der Waals surface area contributed by atoms with Crippen molar-refractivity contribution in [3.8, 4) is 0 Å². The van der Waals surface area contributed by atoms with Crippen LogP contribution in [0.2, 0.25) is 0 Å². The standard InChI is InChI=1S/C11H16ClN3OS/c1-7-10(17-15-14-7)11(16)13-6-8-4-2-3-5-9(8)12/h8-9H,2-6H2,1H3,(H,13,16). The van der Waals surface area contributed by atoms with Crippen molar-refractivity contribution >= 4 is 29.0 Å². The molecule has 1 aromatic rings. The fraction of sp³-hybridized carbons (Fsp3) is 0.727. The first-order chi connectivity index (χ1) is 8.18. The molecule has 1 fully saturated rings. The summed E-state index contributed by atoms with van der Waals surface area (Å²) in [5.74, 6) is 0.322. The molecular weight excluding hydrogens is 258 g/mol. The molecule has 0 aromatic carbocycles. The molecule has 2 unspecified atom stereocenters. The van der Waals surface area contributed by atoms with Gasteiger partial charge in [-0.05, 0) is 37.2 Å². The van der Waals surface area contributed by atoms with Gasteiger partial charge in [0, 0.05) is 11.9 Å². The van der Waals surface area contributed by atoms with Gasteiger partial charge >= 0.3 is 0 Å². The minimum atomic E-state index is -0.0769. The second kappa shape index (κ2) is 5.78. The number of rotatable bonds is 3. The average molecular weight is 274 g/mol. The minimum Gasteiger partial charge on any atom is -0.351 e. The zero-order chi connectivity index (χ0) is 12.3. The van der Waals surface area contributed by atoms with Crippen LogP contribution in [-0.2, 0) is 0 Å². The smallest absolute Gasteiger partial charge is 0.264 e. The van der Waals surface area contributed by atoms with E-state index in [-0.39, 0.29) is 11.3 Å². The van der Waals surface area contributed by atoms with E-state index in [1.54, 1.807) is 6.92 Å². The minimum absolute atomic E-state index is 0.0769. The molecule has 0 bridgehead atoms. The molecule has 0 spiro atoms. The Bertz CT molecular complexity index is 396. The summed E-state index contributed by atoms with van der Waals surface area (Å²) in [5.41, 5.74) is 0.693.